The average Bonchev–Trinajstić information content (AvgIpc) is 3.93. The van der Waals surface area contributed by atoms with Gasteiger partial charge in [0.05, 0.1) is 16.7 Å². The van der Waals surface area contributed by atoms with E-state index in [0.717, 1.165) is 39.4 Å². The van der Waals surface area contributed by atoms with E-state index in [0.29, 0.717) is 5.82 Å². The van der Waals surface area contributed by atoms with Gasteiger partial charge in [-0.2, -0.15) is 0 Å². The van der Waals surface area contributed by atoms with Gasteiger partial charge in [0, 0.05) is 27.6 Å². The molecule has 0 amide bonds. The first-order valence-electron chi connectivity index (χ1n) is 20.3. The summed E-state index contributed by atoms with van der Waals surface area (Å²) in [4.78, 5) is 5.04. The van der Waals surface area contributed by atoms with Gasteiger partial charge in [-0.15, -0.1) is 5.10 Å². The minimum Gasteiger partial charge on any atom is -0.309 e. The summed E-state index contributed by atoms with van der Waals surface area (Å²) < 4.78 is 4.34. The molecule has 0 aliphatic carbocycles. The summed E-state index contributed by atoms with van der Waals surface area (Å²) in [6.07, 6.45) is 0. The Kier molecular flexibility index (Phi) is 8.79. The van der Waals surface area contributed by atoms with Crippen molar-refractivity contribution in [3.8, 4) is 78.7 Å². The van der Waals surface area contributed by atoms with Gasteiger partial charge >= 0.3 is 0 Å². The molecule has 0 saturated carbocycles. The van der Waals surface area contributed by atoms with Gasteiger partial charge in [-0.1, -0.05) is 170 Å². The molecule has 4 heteroatoms. The van der Waals surface area contributed by atoms with Crippen LogP contribution in [-0.2, 0) is 0 Å². The van der Waals surface area contributed by atoms with E-state index in [2.05, 4.69) is 199 Å². The van der Waals surface area contributed by atoms with Crippen LogP contribution in [0.15, 0.2) is 231 Å². The minimum absolute atomic E-state index is 0.691. The van der Waals surface area contributed by atoms with E-state index in [1.54, 1.807) is 0 Å². The fraction of sp³-hybridized carbons (Fsp3) is 0. The highest BCUT2D eigenvalue weighted by molar-refractivity contribution is 6.11. The predicted octanol–water partition coefficient (Wildman–Crippen LogP) is 14.4. The van der Waals surface area contributed by atoms with E-state index in [9.17, 15) is 0 Å². The molecular formula is C56H38N4. The van der Waals surface area contributed by atoms with Gasteiger partial charge < -0.3 is 4.57 Å². The average molecular weight is 767 g/mol. The molecule has 11 rings (SSSR count). The van der Waals surface area contributed by atoms with E-state index in [-0.39, 0.29) is 0 Å². The van der Waals surface area contributed by atoms with Crippen LogP contribution in [0.3, 0.4) is 0 Å². The van der Waals surface area contributed by atoms with Gasteiger partial charge in [0.2, 0.25) is 0 Å². The van der Waals surface area contributed by atoms with Crippen molar-refractivity contribution in [2.75, 3.05) is 0 Å². The van der Waals surface area contributed by atoms with Crippen molar-refractivity contribution in [2.45, 2.75) is 0 Å². The summed E-state index contributed by atoms with van der Waals surface area (Å²) in [6, 6.07) is 81.8. The molecule has 0 unspecified atom stereocenters. The molecule has 282 valence electrons. The Balaban J connectivity index is 1.05. The molecule has 60 heavy (non-hydrogen) atoms. The van der Waals surface area contributed by atoms with E-state index < -0.39 is 0 Å². The zero-order chi connectivity index (χ0) is 39.8. The molecular weight excluding hydrogens is 729 g/mol. The van der Waals surface area contributed by atoms with Crippen LogP contribution in [0.1, 0.15) is 0 Å². The van der Waals surface area contributed by atoms with Crippen molar-refractivity contribution in [1.29, 1.82) is 0 Å². The monoisotopic (exact) mass is 766 g/mol. The van der Waals surface area contributed by atoms with Gasteiger partial charge in [0.1, 0.15) is 0 Å². The van der Waals surface area contributed by atoms with Gasteiger partial charge in [-0.25, -0.2) is 9.67 Å². The van der Waals surface area contributed by atoms with Crippen LogP contribution in [0.2, 0.25) is 0 Å². The maximum atomic E-state index is 5.05. The molecule has 2 aromatic heterocycles. The Bertz CT molecular complexity index is 3130. The Morgan fingerprint density at radius 1 is 0.283 bits per heavy atom. The van der Waals surface area contributed by atoms with Crippen LogP contribution in [0.5, 0.6) is 0 Å². The lowest BCUT2D eigenvalue weighted by Gasteiger charge is -2.11. The Hall–Kier alpha value is -8.08. The summed E-state index contributed by atoms with van der Waals surface area (Å²) in [5.74, 6) is 1.49. The molecule has 4 nitrogen and oxygen atoms in total. The second kappa shape index (κ2) is 15.0. The van der Waals surface area contributed by atoms with Gasteiger partial charge in [0.15, 0.2) is 11.6 Å². The molecule has 11 aromatic rings. The lowest BCUT2D eigenvalue weighted by molar-refractivity contribution is 0.889. The zero-order valence-corrected chi connectivity index (χ0v) is 32.7. The Morgan fingerprint density at radius 3 is 1.15 bits per heavy atom. The summed E-state index contributed by atoms with van der Waals surface area (Å²) in [5.41, 5.74) is 15.9. The molecule has 0 radical (unpaired) electrons. The maximum absolute atomic E-state index is 5.05. The summed E-state index contributed by atoms with van der Waals surface area (Å²) in [5, 5.41) is 7.45. The van der Waals surface area contributed by atoms with Crippen LogP contribution in [-0.4, -0.2) is 19.3 Å². The van der Waals surface area contributed by atoms with Crippen molar-refractivity contribution >= 4 is 21.8 Å². The number of nitrogens with zero attached hydrogens (tertiary/aromatic N) is 4. The fourth-order valence-electron chi connectivity index (χ4n) is 8.40. The number of aromatic nitrogens is 4. The van der Waals surface area contributed by atoms with Crippen molar-refractivity contribution in [2.24, 2.45) is 0 Å². The number of hydrogen-bond acceptors (Lipinski definition) is 2. The molecule has 2 heterocycles. The molecule has 0 aliphatic heterocycles. The van der Waals surface area contributed by atoms with Gasteiger partial charge in [-0.05, 0) is 105 Å². The van der Waals surface area contributed by atoms with E-state index in [4.69, 9.17) is 10.1 Å². The van der Waals surface area contributed by atoms with E-state index in [1.165, 1.54) is 55.3 Å². The molecule has 0 aliphatic rings. The fourth-order valence-corrected chi connectivity index (χ4v) is 8.40. The van der Waals surface area contributed by atoms with Crippen molar-refractivity contribution in [1.82, 2.24) is 19.3 Å². The molecule has 0 N–H and O–H groups in total. The molecule has 9 aromatic carbocycles. The van der Waals surface area contributed by atoms with Gasteiger partial charge in [0.25, 0.3) is 0 Å². The van der Waals surface area contributed by atoms with Crippen LogP contribution in [0, 0.1) is 0 Å². The first-order valence-corrected chi connectivity index (χ1v) is 20.3. The number of rotatable bonds is 8. The molecule has 0 fully saturated rings. The standard InChI is InChI=1S/C56H38N4/c1-5-15-39(16-6-1)43-23-13-25-45(35-43)47-27-33-53-51(37-47)52-38-48(46-26-14-24-44(36-46)40-17-7-2-8-18-40)28-34-54(52)59(53)49-29-31-50(32-30-49)60-56(42-21-11-4-12-22-42)57-55(58-60)41-19-9-3-10-20-41/h1-38H. The number of hydrogen-bond donors (Lipinski definition) is 0. The SMILES string of the molecule is c1ccc(-c2cccc(-c3ccc4c(c3)c3cc(-c5cccc(-c6ccccc6)c5)ccc3n4-c3ccc(-n4nc(-c5ccccc5)nc4-c4ccccc4)cc3)c2)cc1. The summed E-state index contributed by atoms with van der Waals surface area (Å²) in [6.45, 7) is 0. The second-order valence-corrected chi connectivity index (χ2v) is 15.1. The minimum atomic E-state index is 0.691. The molecule has 0 atom stereocenters. The molecule has 0 bridgehead atoms. The smallest absolute Gasteiger partial charge is 0.182 e. The van der Waals surface area contributed by atoms with Crippen molar-refractivity contribution < 1.29 is 0 Å². The largest absolute Gasteiger partial charge is 0.309 e. The lowest BCUT2D eigenvalue weighted by atomic mass is 9.96. The van der Waals surface area contributed by atoms with E-state index in [1.807, 2.05) is 41.1 Å². The molecule has 0 spiro atoms. The number of fused-ring (bicyclic) bond motifs is 3. The van der Waals surface area contributed by atoms with Crippen LogP contribution >= 0.6 is 0 Å². The quantitative estimate of drug-likeness (QED) is 0.154. The zero-order valence-electron chi connectivity index (χ0n) is 32.7. The topological polar surface area (TPSA) is 35.6 Å². The highest BCUT2D eigenvalue weighted by Crippen LogP contribution is 2.39. The lowest BCUT2D eigenvalue weighted by Crippen LogP contribution is -2.01. The predicted molar refractivity (Wildman–Crippen MR) is 248 cm³/mol. The Morgan fingerprint density at radius 2 is 0.667 bits per heavy atom. The van der Waals surface area contributed by atoms with Crippen LogP contribution in [0.4, 0.5) is 0 Å². The number of benzene rings is 9. The summed E-state index contributed by atoms with van der Waals surface area (Å²) >= 11 is 0. The maximum Gasteiger partial charge on any atom is 0.182 e. The van der Waals surface area contributed by atoms with Crippen LogP contribution in [0.25, 0.3) is 100 Å². The highest BCUT2D eigenvalue weighted by Gasteiger charge is 2.18. The normalized spacial score (nSPS) is 11.3. The third-order valence-corrected chi connectivity index (χ3v) is 11.4. The van der Waals surface area contributed by atoms with Crippen molar-refractivity contribution in [3.63, 3.8) is 0 Å². The highest BCUT2D eigenvalue weighted by atomic mass is 15.4. The second-order valence-electron chi connectivity index (χ2n) is 15.1. The molecule has 0 saturated heterocycles. The Labute approximate surface area is 348 Å². The first-order chi connectivity index (χ1) is 29.7. The van der Waals surface area contributed by atoms with Crippen molar-refractivity contribution in [3.05, 3.63) is 231 Å². The van der Waals surface area contributed by atoms with Gasteiger partial charge in [-0.3, -0.25) is 0 Å². The summed E-state index contributed by atoms with van der Waals surface area (Å²) in [7, 11) is 0. The third-order valence-electron chi connectivity index (χ3n) is 11.4. The van der Waals surface area contributed by atoms with Crippen LogP contribution < -0.4 is 0 Å². The first kappa shape index (κ1) is 35.1. The third kappa shape index (κ3) is 6.47. The van der Waals surface area contributed by atoms with E-state index >= 15 is 0 Å².